The van der Waals surface area contributed by atoms with Crippen molar-refractivity contribution < 1.29 is 4.79 Å². The number of benzene rings is 1. The number of rotatable bonds is 4. The summed E-state index contributed by atoms with van der Waals surface area (Å²) in [5.41, 5.74) is 1.08. The number of carbonyl (C=O) groups is 1. The molecular formula is C15H17N3O2S. The topological polar surface area (TPSA) is 55.2 Å². The van der Waals surface area contributed by atoms with Crippen LogP contribution in [0.25, 0.3) is 0 Å². The molecule has 0 radical (unpaired) electrons. The van der Waals surface area contributed by atoms with Crippen LogP contribution in [0.5, 0.6) is 0 Å². The third-order valence-corrected chi connectivity index (χ3v) is 3.85. The summed E-state index contributed by atoms with van der Waals surface area (Å²) >= 11 is 1.68. The maximum atomic E-state index is 12.3. The summed E-state index contributed by atoms with van der Waals surface area (Å²) in [6.07, 6.45) is 2.02. The second kappa shape index (κ2) is 6.58. The fourth-order valence-electron chi connectivity index (χ4n) is 1.89. The number of amides is 1. The lowest BCUT2D eigenvalue weighted by Crippen LogP contribution is -2.30. The molecule has 110 valence electrons. The van der Waals surface area contributed by atoms with Crippen molar-refractivity contribution in [3.05, 3.63) is 58.0 Å². The monoisotopic (exact) mass is 303 g/mol. The quantitative estimate of drug-likeness (QED) is 0.808. The Morgan fingerprint density at radius 3 is 2.48 bits per heavy atom. The van der Waals surface area contributed by atoms with E-state index in [2.05, 4.69) is 5.10 Å². The van der Waals surface area contributed by atoms with Crippen LogP contribution in [0.3, 0.4) is 0 Å². The third-order valence-electron chi connectivity index (χ3n) is 3.11. The highest BCUT2D eigenvalue weighted by Crippen LogP contribution is 2.15. The van der Waals surface area contributed by atoms with Crippen molar-refractivity contribution in [1.82, 2.24) is 14.7 Å². The number of carbonyl (C=O) groups excluding carboxylic acids is 1. The molecule has 0 fully saturated rings. The predicted molar refractivity (Wildman–Crippen MR) is 83.5 cm³/mol. The highest BCUT2D eigenvalue weighted by molar-refractivity contribution is 7.98. The van der Waals surface area contributed by atoms with E-state index in [1.54, 1.807) is 23.7 Å². The van der Waals surface area contributed by atoms with Gasteiger partial charge in [-0.1, -0.05) is 12.1 Å². The van der Waals surface area contributed by atoms with Gasteiger partial charge in [-0.25, -0.2) is 4.68 Å². The molecule has 0 spiro atoms. The molecule has 21 heavy (non-hydrogen) atoms. The van der Waals surface area contributed by atoms with Gasteiger partial charge < -0.3 is 4.90 Å². The zero-order valence-electron chi connectivity index (χ0n) is 12.2. The van der Waals surface area contributed by atoms with Gasteiger partial charge in [-0.15, -0.1) is 11.8 Å². The first-order valence-electron chi connectivity index (χ1n) is 6.44. The zero-order chi connectivity index (χ0) is 15.4. The van der Waals surface area contributed by atoms with Crippen LogP contribution in [0.15, 0.2) is 46.1 Å². The smallest absolute Gasteiger partial charge is 0.274 e. The van der Waals surface area contributed by atoms with Gasteiger partial charge in [0.1, 0.15) is 5.69 Å². The minimum absolute atomic E-state index is 0.209. The summed E-state index contributed by atoms with van der Waals surface area (Å²) in [7, 11) is 3.25. The molecule has 1 aromatic carbocycles. The van der Waals surface area contributed by atoms with Crippen molar-refractivity contribution in [1.29, 1.82) is 0 Å². The average molecular weight is 303 g/mol. The van der Waals surface area contributed by atoms with Gasteiger partial charge in [-0.3, -0.25) is 9.59 Å². The van der Waals surface area contributed by atoms with Crippen LogP contribution in [-0.4, -0.2) is 33.9 Å². The first-order valence-corrected chi connectivity index (χ1v) is 7.66. The van der Waals surface area contributed by atoms with Crippen LogP contribution >= 0.6 is 11.8 Å². The molecule has 0 saturated heterocycles. The van der Waals surface area contributed by atoms with E-state index in [-0.39, 0.29) is 17.2 Å². The summed E-state index contributed by atoms with van der Waals surface area (Å²) in [6, 6.07) is 10.9. The fraction of sp³-hybridized carbons (Fsp3) is 0.267. The second-order valence-electron chi connectivity index (χ2n) is 4.69. The largest absolute Gasteiger partial charge is 0.336 e. The summed E-state index contributed by atoms with van der Waals surface area (Å²) in [6.45, 7) is 0.498. The van der Waals surface area contributed by atoms with Gasteiger partial charge in [0.05, 0.1) is 0 Å². The van der Waals surface area contributed by atoms with Crippen LogP contribution in [0.1, 0.15) is 16.1 Å². The molecule has 1 amide bonds. The highest BCUT2D eigenvalue weighted by Gasteiger charge is 2.14. The molecule has 1 aromatic heterocycles. The van der Waals surface area contributed by atoms with Crippen molar-refractivity contribution in [2.24, 2.45) is 7.05 Å². The van der Waals surface area contributed by atoms with Crippen molar-refractivity contribution in [3.8, 4) is 0 Å². The number of thioether (sulfide) groups is 1. The summed E-state index contributed by atoms with van der Waals surface area (Å²) in [5, 5.41) is 3.97. The highest BCUT2D eigenvalue weighted by atomic mass is 32.2. The Labute approximate surface area is 127 Å². The first kappa shape index (κ1) is 15.3. The molecule has 5 nitrogen and oxygen atoms in total. The minimum Gasteiger partial charge on any atom is -0.336 e. The van der Waals surface area contributed by atoms with Crippen molar-refractivity contribution in [3.63, 3.8) is 0 Å². The molecule has 1 heterocycles. The van der Waals surface area contributed by atoms with E-state index in [4.69, 9.17) is 0 Å². The SMILES string of the molecule is CSc1ccc(CN(C)C(=O)c2ccc(=O)n(C)n2)cc1. The molecule has 0 aliphatic carbocycles. The molecule has 6 heteroatoms. The van der Waals surface area contributed by atoms with E-state index < -0.39 is 0 Å². The Morgan fingerprint density at radius 2 is 1.90 bits per heavy atom. The van der Waals surface area contributed by atoms with Crippen LogP contribution < -0.4 is 5.56 Å². The van der Waals surface area contributed by atoms with Gasteiger partial charge in [-0.05, 0) is 30.0 Å². The van der Waals surface area contributed by atoms with Gasteiger partial charge >= 0.3 is 0 Å². The molecular weight excluding hydrogens is 286 g/mol. The first-order chi connectivity index (χ1) is 10.0. The van der Waals surface area contributed by atoms with E-state index in [9.17, 15) is 9.59 Å². The number of hydrogen-bond donors (Lipinski definition) is 0. The third kappa shape index (κ3) is 3.72. The summed E-state index contributed by atoms with van der Waals surface area (Å²) in [5.74, 6) is -0.209. The number of aromatic nitrogens is 2. The lowest BCUT2D eigenvalue weighted by atomic mass is 10.2. The van der Waals surface area contributed by atoms with Crippen LogP contribution in [0, 0.1) is 0 Å². The van der Waals surface area contributed by atoms with Gasteiger partial charge in [0.25, 0.3) is 11.5 Å². The maximum Gasteiger partial charge on any atom is 0.274 e. The Kier molecular flexibility index (Phi) is 4.80. The fourth-order valence-corrected chi connectivity index (χ4v) is 2.30. The van der Waals surface area contributed by atoms with Crippen molar-refractivity contribution in [2.45, 2.75) is 11.4 Å². The maximum absolute atomic E-state index is 12.3. The zero-order valence-corrected chi connectivity index (χ0v) is 13.1. The number of nitrogens with zero attached hydrogens (tertiary/aromatic N) is 3. The summed E-state index contributed by atoms with van der Waals surface area (Å²) in [4.78, 5) is 26.3. The molecule has 0 aliphatic rings. The Hall–Kier alpha value is -2.08. The minimum atomic E-state index is -0.234. The van der Waals surface area contributed by atoms with E-state index in [0.717, 1.165) is 10.2 Å². The predicted octanol–water partition coefficient (Wildman–Crippen LogP) is 1.77. The molecule has 0 N–H and O–H groups in total. The van der Waals surface area contributed by atoms with Gasteiger partial charge in [0.2, 0.25) is 0 Å². The lowest BCUT2D eigenvalue weighted by molar-refractivity contribution is 0.0776. The summed E-state index contributed by atoms with van der Waals surface area (Å²) < 4.78 is 1.16. The number of hydrogen-bond acceptors (Lipinski definition) is 4. The molecule has 2 aromatic rings. The molecule has 0 atom stereocenters. The van der Waals surface area contributed by atoms with E-state index in [1.165, 1.54) is 24.1 Å². The van der Waals surface area contributed by atoms with Gasteiger partial charge in [0, 0.05) is 31.6 Å². The molecule has 0 unspecified atom stereocenters. The number of aryl methyl sites for hydroxylation is 1. The molecule has 0 saturated carbocycles. The van der Waals surface area contributed by atoms with Crippen LogP contribution in [-0.2, 0) is 13.6 Å². The molecule has 2 rings (SSSR count). The Morgan fingerprint density at radius 1 is 1.24 bits per heavy atom. The average Bonchev–Trinajstić information content (AvgIpc) is 2.50. The Bertz CT molecular complexity index is 695. The van der Waals surface area contributed by atoms with Gasteiger partial charge in [0.15, 0.2) is 0 Å². The van der Waals surface area contributed by atoms with Crippen molar-refractivity contribution >= 4 is 17.7 Å². The molecule has 0 aliphatic heterocycles. The van der Waals surface area contributed by atoms with Gasteiger partial charge in [-0.2, -0.15) is 5.10 Å². The van der Waals surface area contributed by atoms with E-state index >= 15 is 0 Å². The van der Waals surface area contributed by atoms with Crippen molar-refractivity contribution in [2.75, 3.05) is 13.3 Å². The second-order valence-corrected chi connectivity index (χ2v) is 5.57. The Balaban J connectivity index is 2.11. The van der Waals surface area contributed by atoms with E-state index in [1.807, 2.05) is 30.5 Å². The normalized spacial score (nSPS) is 10.4. The van der Waals surface area contributed by atoms with Crippen LogP contribution in [0.2, 0.25) is 0 Å². The lowest BCUT2D eigenvalue weighted by Gasteiger charge is -2.17. The van der Waals surface area contributed by atoms with E-state index in [0.29, 0.717) is 6.54 Å². The van der Waals surface area contributed by atoms with Crippen LogP contribution in [0.4, 0.5) is 0 Å². The molecule has 0 bridgehead atoms. The standard InChI is InChI=1S/C15H17N3O2S/c1-17(10-11-4-6-12(21-3)7-5-11)15(20)13-8-9-14(19)18(2)16-13/h4-9H,10H2,1-3H3.